The van der Waals surface area contributed by atoms with Gasteiger partial charge >= 0.3 is 11.7 Å². The fraction of sp³-hybridized carbons (Fsp3) is 0.143. The highest BCUT2D eigenvalue weighted by molar-refractivity contribution is 5.88. The summed E-state index contributed by atoms with van der Waals surface area (Å²) in [7, 11) is 0. The van der Waals surface area contributed by atoms with Gasteiger partial charge in [0.05, 0.1) is 4.92 Å². The fourth-order valence-electron chi connectivity index (χ4n) is 1.76. The molecule has 0 radical (unpaired) electrons. The minimum Gasteiger partial charge on any atom is -0.476 e. The number of nitro groups is 1. The Bertz CT molecular complexity index is 700. The van der Waals surface area contributed by atoms with E-state index in [1.807, 2.05) is 6.92 Å². The average molecular weight is 288 g/mol. The molecule has 0 spiro atoms. The average Bonchev–Trinajstić information content (AvgIpc) is 2.47. The molecule has 0 saturated heterocycles. The second-order valence-corrected chi connectivity index (χ2v) is 4.17. The summed E-state index contributed by atoms with van der Waals surface area (Å²) in [6, 6.07) is 7.45. The van der Waals surface area contributed by atoms with Crippen LogP contribution in [0.4, 0.5) is 5.69 Å². The van der Waals surface area contributed by atoms with Gasteiger partial charge < -0.3 is 9.84 Å². The Morgan fingerprint density at radius 2 is 2.14 bits per heavy atom. The number of nitro benzene ring substituents is 1. The predicted molar refractivity (Wildman–Crippen MR) is 73.7 cm³/mol. The summed E-state index contributed by atoms with van der Waals surface area (Å²) in [4.78, 5) is 25.3. The molecule has 0 unspecified atom stereocenters. The molecule has 0 bridgehead atoms. The summed E-state index contributed by atoms with van der Waals surface area (Å²) in [5.74, 6) is -1.33. The van der Waals surface area contributed by atoms with Gasteiger partial charge in [0.2, 0.25) is 5.75 Å². The Kier molecular flexibility index (Phi) is 4.13. The number of ether oxygens (including phenoxy) is 1. The molecule has 1 heterocycles. The number of aryl methyl sites for hydroxylation is 1. The standard InChI is InChI=1S/C14H12N2O5/c1-2-9-5-6-11(10(8-9)16(19)20)21-12-4-3-7-15-13(12)14(17)18/h3-8H,2H2,1H3,(H,17,18). The molecule has 0 amide bonds. The Balaban J connectivity index is 2.45. The van der Waals surface area contributed by atoms with Crippen molar-refractivity contribution < 1.29 is 19.6 Å². The third-order valence-corrected chi connectivity index (χ3v) is 2.82. The summed E-state index contributed by atoms with van der Waals surface area (Å²) in [6.07, 6.45) is 1.96. The maximum atomic E-state index is 11.1. The molecule has 1 aromatic carbocycles. The van der Waals surface area contributed by atoms with Crippen molar-refractivity contribution in [2.75, 3.05) is 0 Å². The number of nitrogens with zero attached hydrogens (tertiary/aromatic N) is 2. The molecule has 0 aliphatic heterocycles. The molecule has 0 aliphatic rings. The number of carboxylic acid groups (broad SMARTS) is 1. The van der Waals surface area contributed by atoms with Crippen LogP contribution in [0, 0.1) is 10.1 Å². The number of benzene rings is 1. The zero-order valence-corrected chi connectivity index (χ0v) is 11.1. The van der Waals surface area contributed by atoms with Crippen LogP contribution < -0.4 is 4.74 Å². The molecule has 1 aromatic heterocycles. The van der Waals surface area contributed by atoms with Crippen LogP contribution in [0.5, 0.6) is 11.5 Å². The Labute approximate surface area is 120 Å². The van der Waals surface area contributed by atoms with E-state index in [9.17, 15) is 14.9 Å². The molecule has 0 fully saturated rings. The Hall–Kier alpha value is -2.96. The van der Waals surface area contributed by atoms with Crippen molar-refractivity contribution >= 4 is 11.7 Å². The molecule has 0 saturated carbocycles. The molecule has 2 aromatic rings. The second kappa shape index (κ2) is 6.00. The third kappa shape index (κ3) is 3.14. The van der Waals surface area contributed by atoms with Crippen LogP contribution in [0.2, 0.25) is 0 Å². The van der Waals surface area contributed by atoms with Gasteiger partial charge in [-0.05, 0) is 30.2 Å². The SMILES string of the molecule is CCc1ccc(Oc2cccnc2C(=O)O)c([N+](=O)[O-])c1. The maximum Gasteiger partial charge on any atom is 0.358 e. The van der Waals surface area contributed by atoms with Gasteiger partial charge in [-0.1, -0.05) is 13.0 Å². The topological polar surface area (TPSA) is 103 Å². The summed E-state index contributed by atoms with van der Waals surface area (Å²) >= 11 is 0. The number of pyridine rings is 1. The van der Waals surface area contributed by atoms with Crippen LogP contribution in [-0.4, -0.2) is 21.0 Å². The van der Waals surface area contributed by atoms with Crippen LogP contribution in [0.25, 0.3) is 0 Å². The van der Waals surface area contributed by atoms with Crippen LogP contribution in [0.3, 0.4) is 0 Å². The lowest BCUT2D eigenvalue weighted by molar-refractivity contribution is -0.385. The Morgan fingerprint density at radius 3 is 2.76 bits per heavy atom. The van der Waals surface area contributed by atoms with E-state index in [1.54, 1.807) is 6.07 Å². The van der Waals surface area contributed by atoms with Gasteiger partial charge in [0.15, 0.2) is 11.4 Å². The molecule has 7 nitrogen and oxygen atoms in total. The van der Waals surface area contributed by atoms with Crippen molar-refractivity contribution in [3.63, 3.8) is 0 Å². The molecular weight excluding hydrogens is 276 g/mol. The number of aromatic carboxylic acids is 1. The number of hydrogen-bond donors (Lipinski definition) is 1. The quantitative estimate of drug-likeness (QED) is 0.670. The molecular formula is C14H12N2O5. The fourth-order valence-corrected chi connectivity index (χ4v) is 1.76. The third-order valence-electron chi connectivity index (χ3n) is 2.82. The van der Waals surface area contributed by atoms with Crippen molar-refractivity contribution in [1.29, 1.82) is 0 Å². The van der Waals surface area contributed by atoms with E-state index >= 15 is 0 Å². The molecule has 0 atom stereocenters. The predicted octanol–water partition coefficient (Wildman–Crippen LogP) is 3.04. The number of carbonyl (C=O) groups is 1. The number of hydrogen-bond acceptors (Lipinski definition) is 5. The first kappa shape index (κ1) is 14.4. The normalized spacial score (nSPS) is 10.1. The van der Waals surface area contributed by atoms with E-state index in [0.717, 1.165) is 5.56 Å². The molecule has 108 valence electrons. The molecule has 1 N–H and O–H groups in total. The van der Waals surface area contributed by atoms with Gasteiger partial charge in [-0.25, -0.2) is 9.78 Å². The van der Waals surface area contributed by atoms with Crippen molar-refractivity contribution in [2.45, 2.75) is 13.3 Å². The van der Waals surface area contributed by atoms with Gasteiger partial charge in [-0.2, -0.15) is 0 Å². The van der Waals surface area contributed by atoms with E-state index in [4.69, 9.17) is 9.84 Å². The lowest BCUT2D eigenvalue weighted by atomic mass is 10.1. The highest BCUT2D eigenvalue weighted by Crippen LogP contribution is 2.33. The first-order valence-electron chi connectivity index (χ1n) is 6.16. The first-order valence-corrected chi connectivity index (χ1v) is 6.16. The highest BCUT2D eigenvalue weighted by atomic mass is 16.6. The van der Waals surface area contributed by atoms with Crippen molar-refractivity contribution in [3.8, 4) is 11.5 Å². The zero-order valence-electron chi connectivity index (χ0n) is 11.1. The van der Waals surface area contributed by atoms with Gasteiger partial charge in [0.25, 0.3) is 0 Å². The van der Waals surface area contributed by atoms with Gasteiger partial charge in [-0.3, -0.25) is 10.1 Å². The van der Waals surface area contributed by atoms with Crippen molar-refractivity contribution in [3.05, 3.63) is 57.9 Å². The van der Waals surface area contributed by atoms with E-state index in [0.29, 0.717) is 6.42 Å². The monoisotopic (exact) mass is 288 g/mol. The lowest BCUT2D eigenvalue weighted by Gasteiger charge is -2.09. The minimum absolute atomic E-state index is 0.0206. The number of aromatic nitrogens is 1. The van der Waals surface area contributed by atoms with E-state index in [2.05, 4.69) is 4.98 Å². The number of carboxylic acids is 1. The summed E-state index contributed by atoms with van der Waals surface area (Å²) in [5.41, 5.74) is 0.277. The van der Waals surface area contributed by atoms with Crippen LogP contribution >= 0.6 is 0 Å². The molecule has 2 rings (SSSR count). The van der Waals surface area contributed by atoms with Crippen LogP contribution in [0.15, 0.2) is 36.5 Å². The smallest absolute Gasteiger partial charge is 0.358 e. The first-order chi connectivity index (χ1) is 10.0. The second-order valence-electron chi connectivity index (χ2n) is 4.17. The van der Waals surface area contributed by atoms with E-state index in [1.165, 1.54) is 30.5 Å². The van der Waals surface area contributed by atoms with Gasteiger partial charge in [0.1, 0.15) is 0 Å². The van der Waals surface area contributed by atoms with E-state index in [-0.39, 0.29) is 22.9 Å². The van der Waals surface area contributed by atoms with Gasteiger partial charge in [0, 0.05) is 12.3 Å². The lowest BCUT2D eigenvalue weighted by Crippen LogP contribution is -2.03. The molecule has 7 heteroatoms. The van der Waals surface area contributed by atoms with Gasteiger partial charge in [-0.15, -0.1) is 0 Å². The summed E-state index contributed by atoms with van der Waals surface area (Å²) < 4.78 is 5.38. The van der Waals surface area contributed by atoms with Crippen LogP contribution in [0.1, 0.15) is 23.0 Å². The number of rotatable bonds is 5. The minimum atomic E-state index is -1.27. The molecule has 0 aliphatic carbocycles. The Morgan fingerprint density at radius 1 is 1.38 bits per heavy atom. The van der Waals surface area contributed by atoms with Crippen molar-refractivity contribution in [2.24, 2.45) is 0 Å². The largest absolute Gasteiger partial charge is 0.476 e. The summed E-state index contributed by atoms with van der Waals surface area (Å²) in [6.45, 7) is 1.88. The van der Waals surface area contributed by atoms with Crippen LogP contribution in [-0.2, 0) is 6.42 Å². The van der Waals surface area contributed by atoms with Crippen molar-refractivity contribution in [1.82, 2.24) is 4.98 Å². The summed E-state index contributed by atoms with van der Waals surface area (Å²) in [5, 5.41) is 20.1. The molecule has 21 heavy (non-hydrogen) atoms. The highest BCUT2D eigenvalue weighted by Gasteiger charge is 2.19. The zero-order chi connectivity index (χ0) is 15.4. The maximum absolute atomic E-state index is 11.1. The van der Waals surface area contributed by atoms with E-state index < -0.39 is 10.9 Å².